The Balaban J connectivity index is 1.51. The molecule has 0 saturated carbocycles. The van der Waals surface area contributed by atoms with E-state index in [-0.39, 0.29) is 29.9 Å². The van der Waals surface area contributed by atoms with Gasteiger partial charge in [-0.05, 0) is 56.2 Å². The highest BCUT2D eigenvalue weighted by Gasteiger charge is 2.25. The van der Waals surface area contributed by atoms with E-state index in [0.29, 0.717) is 37.6 Å². The van der Waals surface area contributed by atoms with Crippen molar-refractivity contribution in [1.82, 2.24) is 10.2 Å². The predicted molar refractivity (Wildman–Crippen MR) is 107 cm³/mol. The van der Waals surface area contributed by atoms with Crippen molar-refractivity contribution in [2.24, 2.45) is 0 Å². The fraction of sp³-hybridized carbons (Fsp3) is 0.318. The maximum atomic E-state index is 13.8. The molecule has 1 aliphatic rings. The van der Waals surface area contributed by atoms with E-state index in [1.165, 1.54) is 12.1 Å². The van der Waals surface area contributed by atoms with E-state index in [4.69, 9.17) is 9.47 Å². The second-order valence-corrected chi connectivity index (χ2v) is 6.97. The third-order valence-corrected chi connectivity index (χ3v) is 4.86. The monoisotopic (exact) mass is 432 g/mol. The van der Waals surface area contributed by atoms with Gasteiger partial charge in [0, 0.05) is 30.8 Å². The highest BCUT2D eigenvalue weighted by Crippen LogP contribution is 2.18. The SMILES string of the molecule is CCOC(=O)Oc1ccc(C(=O)N2CCC(NC(=O)c3ccc(F)cc3F)CC2)cc1. The molecular weight excluding hydrogens is 410 g/mol. The summed E-state index contributed by atoms with van der Waals surface area (Å²) in [6, 6.07) is 8.71. The number of ether oxygens (including phenoxy) is 2. The van der Waals surface area contributed by atoms with Gasteiger partial charge in [0.05, 0.1) is 12.2 Å². The molecule has 2 aromatic rings. The van der Waals surface area contributed by atoms with Crippen LogP contribution in [-0.4, -0.2) is 48.6 Å². The van der Waals surface area contributed by atoms with E-state index in [2.05, 4.69) is 5.32 Å². The molecule has 0 bridgehead atoms. The van der Waals surface area contributed by atoms with E-state index >= 15 is 0 Å². The van der Waals surface area contributed by atoms with Gasteiger partial charge in [0.15, 0.2) is 0 Å². The second kappa shape index (κ2) is 10.0. The number of carbonyl (C=O) groups excluding carboxylic acids is 3. The molecular formula is C22H22F2N2O5. The summed E-state index contributed by atoms with van der Waals surface area (Å²) >= 11 is 0. The second-order valence-electron chi connectivity index (χ2n) is 6.97. The van der Waals surface area contributed by atoms with Crippen LogP contribution >= 0.6 is 0 Å². The Hall–Kier alpha value is -3.49. The van der Waals surface area contributed by atoms with Crippen LogP contribution in [0.25, 0.3) is 0 Å². The van der Waals surface area contributed by atoms with Crippen LogP contribution in [0.4, 0.5) is 13.6 Å². The average molecular weight is 432 g/mol. The number of nitrogens with one attached hydrogen (secondary N) is 1. The molecule has 0 aliphatic carbocycles. The zero-order valence-electron chi connectivity index (χ0n) is 16.9. The summed E-state index contributed by atoms with van der Waals surface area (Å²) in [5.41, 5.74) is 0.220. The largest absolute Gasteiger partial charge is 0.513 e. The zero-order valence-corrected chi connectivity index (χ0v) is 16.9. The molecule has 0 radical (unpaired) electrons. The smallest absolute Gasteiger partial charge is 0.434 e. The van der Waals surface area contributed by atoms with Crippen molar-refractivity contribution in [3.8, 4) is 5.75 Å². The van der Waals surface area contributed by atoms with Gasteiger partial charge in [0.2, 0.25) is 0 Å². The number of benzene rings is 2. The summed E-state index contributed by atoms with van der Waals surface area (Å²) in [6.45, 7) is 2.69. The van der Waals surface area contributed by atoms with Crippen LogP contribution in [0.1, 0.15) is 40.5 Å². The van der Waals surface area contributed by atoms with Crippen molar-refractivity contribution in [2.75, 3.05) is 19.7 Å². The normalized spacial score (nSPS) is 14.1. The lowest BCUT2D eigenvalue weighted by Gasteiger charge is -2.32. The standard InChI is InChI=1S/C22H22F2N2O5/c1-2-30-22(29)31-17-6-3-14(4-7-17)21(28)26-11-9-16(10-12-26)25-20(27)18-8-5-15(23)13-19(18)24/h3-8,13,16H,2,9-12H2,1H3,(H,25,27). The van der Waals surface area contributed by atoms with Crippen LogP contribution in [-0.2, 0) is 4.74 Å². The lowest BCUT2D eigenvalue weighted by molar-refractivity contribution is 0.0698. The summed E-state index contributed by atoms with van der Waals surface area (Å²) in [5.74, 6) is -2.19. The number of rotatable bonds is 5. The maximum absolute atomic E-state index is 13.8. The number of halogens is 2. The molecule has 0 atom stereocenters. The minimum absolute atomic E-state index is 0.183. The molecule has 0 spiro atoms. The van der Waals surface area contributed by atoms with Crippen molar-refractivity contribution in [3.63, 3.8) is 0 Å². The molecule has 31 heavy (non-hydrogen) atoms. The molecule has 1 fully saturated rings. The van der Waals surface area contributed by atoms with Gasteiger partial charge in [-0.2, -0.15) is 0 Å². The van der Waals surface area contributed by atoms with E-state index in [0.717, 1.165) is 12.1 Å². The summed E-state index contributed by atoms with van der Waals surface area (Å²) in [4.78, 5) is 37.9. The van der Waals surface area contributed by atoms with Crippen molar-refractivity contribution < 1.29 is 32.6 Å². The number of hydrogen-bond acceptors (Lipinski definition) is 5. The highest BCUT2D eigenvalue weighted by molar-refractivity contribution is 5.95. The molecule has 2 amide bonds. The molecule has 1 N–H and O–H groups in total. The minimum atomic E-state index is -0.916. The molecule has 1 saturated heterocycles. The van der Waals surface area contributed by atoms with E-state index < -0.39 is 23.7 Å². The van der Waals surface area contributed by atoms with Gasteiger partial charge in [-0.15, -0.1) is 0 Å². The average Bonchev–Trinajstić information content (AvgIpc) is 2.74. The Kier molecular flexibility index (Phi) is 7.17. The van der Waals surface area contributed by atoms with Crippen molar-refractivity contribution >= 4 is 18.0 Å². The number of nitrogens with zero attached hydrogens (tertiary/aromatic N) is 1. The summed E-state index contributed by atoms with van der Waals surface area (Å²) < 4.78 is 36.4. The van der Waals surface area contributed by atoms with Crippen LogP contribution in [0.3, 0.4) is 0 Å². The number of hydrogen-bond donors (Lipinski definition) is 1. The summed E-state index contributed by atoms with van der Waals surface area (Å²) in [5, 5.41) is 2.73. The fourth-order valence-corrected chi connectivity index (χ4v) is 3.26. The molecule has 2 aromatic carbocycles. The van der Waals surface area contributed by atoms with Crippen molar-refractivity contribution in [3.05, 3.63) is 65.2 Å². The molecule has 3 rings (SSSR count). The lowest BCUT2D eigenvalue weighted by Crippen LogP contribution is -2.46. The predicted octanol–water partition coefficient (Wildman–Crippen LogP) is 3.53. The Bertz CT molecular complexity index is 957. The number of likely N-dealkylation sites (tertiary alicyclic amines) is 1. The van der Waals surface area contributed by atoms with Crippen LogP contribution in [0.2, 0.25) is 0 Å². The van der Waals surface area contributed by atoms with E-state index in [9.17, 15) is 23.2 Å². The Morgan fingerprint density at radius 3 is 2.35 bits per heavy atom. The number of amides is 2. The minimum Gasteiger partial charge on any atom is -0.434 e. The zero-order chi connectivity index (χ0) is 22.4. The molecule has 0 aromatic heterocycles. The fourth-order valence-electron chi connectivity index (χ4n) is 3.26. The Morgan fingerprint density at radius 2 is 1.74 bits per heavy atom. The van der Waals surface area contributed by atoms with Gasteiger partial charge in [-0.1, -0.05) is 0 Å². The van der Waals surface area contributed by atoms with Gasteiger partial charge in [0.1, 0.15) is 17.4 Å². The number of carbonyl (C=O) groups is 3. The molecule has 7 nitrogen and oxygen atoms in total. The quantitative estimate of drug-likeness (QED) is 0.577. The van der Waals surface area contributed by atoms with Crippen LogP contribution in [0, 0.1) is 11.6 Å². The highest BCUT2D eigenvalue weighted by atomic mass is 19.1. The first-order valence-corrected chi connectivity index (χ1v) is 9.87. The Labute approximate surface area is 177 Å². The summed E-state index contributed by atoms with van der Waals surface area (Å²) in [7, 11) is 0. The van der Waals surface area contributed by atoms with Crippen LogP contribution < -0.4 is 10.1 Å². The Morgan fingerprint density at radius 1 is 1.06 bits per heavy atom. The maximum Gasteiger partial charge on any atom is 0.513 e. The van der Waals surface area contributed by atoms with Gasteiger partial charge in [-0.25, -0.2) is 13.6 Å². The molecule has 9 heteroatoms. The van der Waals surface area contributed by atoms with E-state index in [1.807, 2.05) is 0 Å². The van der Waals surface area contributed by atoms with Crippen molar-refractivity contribution in [2.45, 2.75) is 25.8 Å². The lowest BCUT2D eigenvalue weighted by atomic mass is 10.0. The third kappa shape index (κ3) is 5.78. The van der Waals surface area contributed by atoms with Gasteiger partial charge < -0.3 is 19.7 Å². The van der Waals surface area contributed by atoms with Gasteiger partial charge >= 0.3 is 6.16 Å². The van der Waals surface area contributed by atoms with Crippen LogP contribution in [0.15, 0.2) is 42.5 Å². The topological polar surface area (TPSA) is 84.9 Å². The number of piperidine rings is 1. The first kappa shape index (κ1) is 22.2. The third-order valence-electron chi connectivity index (χ3n) is 4.86. The summed E-state index contributed by atoms with van der Waals surface area (Å²) in [6.07, 6.45) is 0.195. The molecule has 164 valence electrons. The molecule has 1 aliphatic heterocycles. The molecule has 1 heterocycles. The van der Waals surface area contributed by atoms with Gasteiger partial charge in [-0.3, -0.25) is 9.59 Å². The molecule has 0 unspecified atom stereocenters. The first-order valence-electron chi connectivity index (χ1n) is 9.87. The van der Waals surface area contributed by atoms with Gasteiger partial charge in [0.25, 0.3) is 11.8 Å². The van der Waals surface area contributed by atoms with E-state index in [1.54, 1.807) is 24.0 Å². The van der Waals surface area contributed by atoms with Crippen LogP contribution in [0.5, 0.6) is 5.75 Å². The van der Waals surface area contributed by atoms with Crippen molar-refractivity contribution in [1.29, 1.82) is 0 Å². The first-order chi connectivity index (χ1) is 14.9.